The third-order valence-corrected chi connectivity index (χ3v) is 3.49. The Labute approximate surface area is 123 Å². The summed E-state index contributed by atoms with van der Waals surface area (Å²) in [4.78, 5) is 12.4. The molecule has 1 fully saturated rings. The first-order valence-corrected chi connectivity index (χ1v) is 7.14. The lowest BCUT2D eigenvalue weighted by Crippen LogP contribution is -2.39. The Hall–Kier alpha value is -1.69. The van der Waals surface area contributed by atoms with E-state index in [1.807, 2.05) is 0 Å². The molecule has 0 spiro atoms. The van der Waals surface area contributed by atoms with Crippen molar-refractivity contribution >= 4 is 11.6 Å². The highest BCUT2D eigenvalue weighted by Gasteiger charge is 2.23. The SMILES string of the molecule is CC(C)N(CC(N)=O)c1c(F)cc(CNC2CC2)cc1F. The summed E-state index contributed by atoms with van der Waals surface area (Å²) in [5.41, 5.74) is 5.51. The first kappa shape index (κ1) is 15.7. The molecule has 4 nitrogen and oxygen atoms in total. The van der Waals surface area contributed by atoms with Crippen LogP contribution in [0.3, 0.4) is 0 Å². The van der Waals surface area contributed by atoms with Crippen LogP contribution in [-0.2, 0) is 11.3 Å². The number of nitrogens with two attached hydrogens (primary N) is 1. The van der Waals surface area contributed by atoms with E-state index in [2.05, 4.69) is 5.32 Å². The summed E-state index contributed by atoms with van der Waals surface area (Å²) >= 11 is 0. The zero-order valence-corrected chi connectivity index (χ0v) is 12.3. The molecule has 0 atom stereocenters. The maximum absolute atomic E-state index is 14.3. The number of anilines is 1. The first-order chi connectivity index (χ1) is 9.88. The van der Waals surface area contributed by atoms with Crippen molar-refractivity contribution in [3.63, 3.8) is 0 Å². The van der Waals surface area contributed by atoms with Crippen LogP contribution in [-0.4, -0.2) is 24.5 Å². The van der Waals surface area contributed by atoms with Gasteiger partial charge in [0.05, 0.1) is 6.54 Å². The molecule has 2 rings (SSSR count). The molecule has 1 aromatic carbocycles. The lowest BCUT2D eigenvalue weighted by atomic mass is 10.1. The predicted molar refractivity (Wildman–Crippen MR) is 77.9 cm³/mol. The van der Waals surface area contributed by atoms with Gasteiger partial charge in [-0.15, -0.1) is 0 Å². The Balaban J connectivity index is 2.22. The van der Waals surface area contributed by atoms with Crippen LogP contribution in [0.15, 0.2) is 12.1 Å². The van der Waals surface area contributed by atoms with Crippen LogP contribution in [0.4, 0.5) is 14.5 Å². The number of rotatable bonds is 7. The predicted octanol–water partition coefficient (Wildman–Crippen LogP) is 1.92. The van der Waals surface area contributed by atoms with Gasteiger partial charge in [0, 0.05) is 18.6 Å². The van der Waals surface area contributed by atoms with E-state index in [9.17, 15) is 13.6 Å². The van der Waals surface area contributed by atoms with Crippen molar-refractivity contribution in [2.45, 2.75) is 45.3 Å². The molecule has 21 heavy (non-hydrogen) atoms. The van der Waals surface area contributed by atoms with Crippen molar-refractivity contribution in [1.82, 2.24) is 5.32 Å². The number of hydrogen-bond donors (Lipinski definition) is 2. The van der Waals surface area contributed by atoms with Crippen LogP contribution in [0.1, 0.15) is 32.3 Å². The number of benzene rings is 1. The van der Waals surface area contributed by atoms with Crippen molar-refractivity contribution in [3.8, 4) is 0 Å². The van der Waals surface area contributed by atoms with Gasteiger partial charge in [0.2, 0.25) is 5.91 Å². The summed E-state index contributed by atoms with van der Waals surface area (Å²) in [5, 5.41) is 3.21. The van der Waals surface area contributed by atoms with Crippen LogP contribution in [0, 0.1) is 11.6 Å². The van der Waals surface area contributed by atoms with Gasteiger partial charge in [0.1, 0.15) is 17.3 Å². The monoisotopic (exact) mass is 297 g/mol. The number of nitrogens with zero attached hydrogens (tertiary/aromatic N) is 1. The molecule has 1 aliphatic rings. The molecule has 1 saturated carbocycles. The zero-order valence-electron chi connectivity index (χ0n) is 12.3. The van der Waals surface area contributed by atoms with Gasteiger partial charge in [-0.05, 0) is 44.4 Å². The van der Waals surface area contributed by atoms with Gasteiger partial charge in [0.25, 0.3) is 0 Å². The number of halogens is 2. The standard InChI is InChI=1S/C15H21F2N3O/c1-9(2)20(8-14(18)21)15-12(16)5-10(6-13(15)17)7-19-11-3-4-11/h5-6,9,11,19H,3-4,7-8H2,1-2H3,(H2,18,21). The van der Waals surface area contributed by atoms with E-state index in [1.165, 1.54) is 17.0 Å². The quantitative estimate of drug-likeness (QED) is 0.808. The summed E-state index contributed by atoms with van der Waals surface area (Å²) < 4.78 is 28.5. The van der Waals surface area contributed by atoms with E-state index in [4.69, 9.17) is 5.73 Å². The molecule has 6 heteroatoms. The minimum atomic E-state index is -0.669. The number of carbonyl (C=O) groups is 1. The molecule has 3 N–H and O–H groups in total. The van der Waals surface area contributed by atoms with Gasteiger partial charge >= 0.3 is 0 Å². The summed E-state index contributed by atoms with van der Waals surface area (Å²) in [6, 6.07) is 2.85. The second-order valence-corrected chi connectivity index (χ2v) is 5.75. The van der Waals surface area contributed by atoms with Crippen molar-refractivity contribution < 1.29 is 13.6 Å². The van der Waals surface area contributed by atoms with Gasteiger partial charge in [-0.2, -0.15) is 0 Å². The highest BCUT2D eigenvalue weighted by atomic mass is 19.1. The Morgan fingerprint density at radius 2 is 1.95 bits per heavy atom. The average Bonchev–Trinajstić information content (AvgIpc) is 3.17. The maximum atomic E-state index is 14.3. The molecule has 0 aliphatic heterocycles. The average molecular weight is 297 g/mol. The van der Waals surface area contributed by atoms with Crippen LogP contribution < -0.4 is 16.0 Å². The molecule has 0 radical (unpaired) electrons. The van der Waals surface area contributed by atoms with Crippen LogP contribution in [0.25, 0.3) is 0 Å². The van der Waals surface area contributed by atoms with Crippen LogP contribution in [0.2, 0.25) is 0 Å². The van der Waals surface area contributed by atoms with Crippen LogP contribution >= 0.6 is 0 Å². The molecule has 1 amide bonds. The third-order valence-electron chi connectivity index (χ3n) is 3.49. The third kappa shape index (κ3) is 4.14. The first-order valence-electron chi connectivity index (χ1n) is 7.14. The Morgan fingerprint density at radius 1 is 1.38 bits per heavy atom. The fourth-order valence-corrected chi connectivity index (χ4v) is 2.23. The fourth-order valence-electron chi connectivity index (χ4n) is 2.23. The van der Waals surface area contributed by atoms with Gasteiger partial charge < -0.3 is 16.0 Å². The minimum Gasteiger partial charge on any atom is -0.368 e. The van der Waals surface area contributed by atoms with Crippen molar-refractivity contribution in [1.29, 1.82) is 0 Å². The lowest BCUT2D eigenvalue weighted by molar-refractivity contribution is -0.116. The largest absolute Gasteiger partial charge is 0.368 e. The van der Waals surface area contributed by atoms with Crippen LogP contribution in [0.5, 0.6) is 0 Å². The molecule has 1 aromatic rings. The molecular weight excluding hydrogens is 276 g/mol. The molecule has 0 bridgehead atoms. The zero-order chi connectivity index (χ0) is 15.6. The van der Waals surface area contributed by atoms with Crippen molar-refractivity contribution in [3.05, 3.63) is 29.3 Å². The van der Waals surface area contributed by atoms with E-state index in [0.717, 1.165) is 12.8 Å². The lowest BCUT2D eigenvalue weighted by Gasteiger charge is -2.28. The van der Waals surface area contributed by atoms with Gasteiger partial charge in [-0.3, -0.25) is 4.79 Å². The van der Waals surface area contributed by atoms with E-state index in [-0.39, 0.29) is 18.3 Å². The molecule has 116 valence electrons. The second kappa shape index (κ2) is 6.39. The summed E-state index contributed by atoms with van der Waals surface area (Å²) in [6.07, 6.45) is 2.23. The molecule has 1 aliphatic carbocycles. The number of carbonyl (C=O) groups excluding carboxylic acids is 1. The van der Waals surface area contributed by atoms with E-state index < -0.39 is 17.5 Å². The Bertz CT molecular complexity index is 507. The highest BCUT2D eigenvalue weighted by Crippen LogP contribution is 2.27. The smallest absolute Gasteiger partial charge is 0.236 e. The molecule has 0 unspecified atom stereocenters. The molecule has 0 aromatic heterocycles. The summed E-state index contributed by atoms with van der Waals surface area (Å²) in [5.74, 6) is -1.96. The van der Waals surface area contributed by atoms with E-state index >= 15 is 0 Å². The molecule has 0 heterocycles. The van der Waals surface area contributed by atoms with Gasteiger partial charge in [-0.1, -0.05) is 0 Å². The highest BCUT2D eigenvalue weighted by molar-refractivity contribution is 5.79. The van der Waals surface area contributed by atoms with E-state index in [0.29, 0.717) is 18.2 Å². The van der Waals surface area contributed by atoms with Gasteiger partial charge in [-0.25, -0.2) is 8.78 Å². The summed E-state index contributed by atoms with van der Waals surface area (Å²) in [7, 11) is 0. The normalized spacial score (nSPS) is 14.5. The number of amides is 1. The number of hydrogen-bond acceptors (Lipinski definition) is 3. The molecular formula is C15H21F2N3O. The molecule has 0 saturated heterocycles. The van der Waals surface area contributed by atoms with Gasteiger partial charge in [0.15, 0.2) is 0 Å². The Kier molecular flexibility index (Phi) is 4.77. The maximum Gasteiger partial charge on any atom is 0.236 e. The Morgan fingerprint density at radius 3 is 2.38 bits per heavy atom. The van der Waals surface area contributed by atoms with Crippen molar-refractivity contribution in [2.24, 2.45) is 5.73 Å². The summed E-state index contributed by atoms with van der Waals surface area (Å²) in [6.45, 7) is 3.73. The topological polar surface area (TPSA) is 58.4 Å². The van der Waals surface area contributed by atoms with E-state index in [1.54, 1.807) is 13.8 Å². The van der Waals surface area contributed by atoms with Crippen molar-refractivity contribution in [2.75, 3.05) is 11.4 Å². The number of nitrogens with one attached hydrogen (secondary N) is 1. The number of primary amides is 1. The second-order valence-electron chi connectivity index (χ2n) is 5.75. The minimum absolute atomic E-state index is 0.195. The fraction of sp³-hybridized carbons (Fsp3) is 0.533.